The third-order valence-corrected chi connectivity index (χ3v) is 2.12. The molecule has 0 radical (unpaired) electrons. The number of nitrogens with zero attached hydrogens (tertiary/aromatic N) is 2. The molecule has 0 aromatic carbocycles. The van der Waals surface area contributed by atoms with Crippen LogP contribution in [0.5, 0.6) is 0 Å². The number of rotatable bonds is 4. The van der Waals surface area contributed by atoms with Crippen LogP contribution < -0.4 is 0 Å². The molecule has 0 amide bonds. The van der Waals surface area contributed by atoms with E-state index in [0.717, 1.165) is 0 Å². The second kappa shape index (κ2) is 4.50. The van der Waals surface area contributed by atoms with Gasteiger partial charge in [-0.1, -0.05) is 0 Å². The summed E-state index contributed by atoms with van der Waals surface area (Å²) in [5, 5.41) is 11.9. The molecule has 0 bridgehead atoms. The molecule has 0 atom stereocenters. The molecule has 4 nitrogen and oxygen atoms in total. The van der Waals surface area contributed by atoms with Crippen LogP contribution in [0.2, 0.25) is 0 Å². The van der Waals surface area contributed by atoms with E-state index in [1.807, 2.05) is 0 Å². The zero-order valence-corrected chi connectivity index (χ0v) is 8.54. The van der Waals surface area contributed by atoms with Crippen LogP contribution in [0, 0.1) is 0 Å². The van der Waals surface area contributed by atoms with Crippen molar-refractivity contribution in [3.63, 3.8) is 0 Å². The van der Waals surface area contributed by atoms with E-state index in [1.165, 1.54) is 10.9 Å². The highest BCUT2D eigenvalue weighted by Crippen LogP contribution is 2.25. The summed E-state index contributed by atoms with van der Waals surface area (Å²) in [6, 6.07) is 0. The number of aromatic nitrogens is 2. The summed E-state index contributed by atoms with van der Waals surface area (Å²) < 4.78 is 25.8. The Morgan fingerprint density at radius 3 is 2.79 bits per heavy atom. The summed E-state index contributed by atoms with van der Waals surface area (Å²) in [7, 11) is 0. The van der Waals surface area contributed by atoms with Gasteiger partial charge in [-0.3, -0.25) is 9.48 Å². The molecule has 7 heteroatoms. The predicted octanol–water partition coefficient (Wildman–Crippen LogP) is 2.06. The molecule has 1 aromatic heterocycles. The minimum absolute atomic E-state index is 0.0840. The van der Waals surface area contributed by atoms with Crippen molar-refractivity contribution >= 4 is 21.9 Å². The van der Waals surface area contributed by atoms with Crippen molar-refractivity contribution in [3.8, 4) is 0 Å². The van der Waals surface area contributed by atoms with E-state index >= 15 is 0 Å². The Balaban J connectivity index is 2.71. The molecule has 1 N–H and O–H groups in total. The Morgan fingerprint density at radius 1 is 1.71 bits per heavy atom. The van der Waals surface area contributed by atoms with E-state index in [9.17, 15) is 13.6 Å². The van der Waals surface area contributed by atoms with Crippen molar-refractivity contribution in [2.24, 2.45) is 0 Å². The van der Waals surface area contributed by atoms with E-state index in [4.69, 9.17) is 5.11 Å². The first-order chi connectivity index (χ1) is 6.50. The van der Waals surface area contributed by atoms with Crippen LogP contribution in [0.1, 0.15) is 18.5 Å². The minimum Gasteiger partial charge on any atom is -0.481 e. The topological polar surface area (TPSA) is 55.1 Å². The van der Waals surface area contributed by atoms with Gasteiger partial charge in [-0.2, -0.15) is 5.10 Å². The lowest BCUT2D eigenvalue weighted by Gasteiger charge is -1.96. The Morgan fingerprint density at radius 2 is 2.36 bits per heavy atom. The predicted molar refractivity (Wildman–Crippen MR) is 47.1 cm³/mol. The summed E-state index contributed by atoms with van der Waals surface area (Å²) in [6.07, 6.45) is -1.46. The smallest absolute Gasteiger partial charge is 0.305 e. The molecule has 0 aliphatic carbocycles. The molecule has 0 aliphatic rings. The second-order valence-corrected chi connectivity index (χ2v) is 3.42. The summed E-state index contributed by atoms with van der Waals surface area (Å²) in [5.41, 5.74) is -0.365. The molecule has 0 spiro atoms. The Kier molecular flexibility index (Phi) is 3.56. The van der Waals surface area contributed by atoms with Crippen LogP contribution in [-0.2, 0) is 11.3 Å². The standard InChI is InChI=1S/C7H7BrF2N2O2/c8-4-3-12(2-1-5(13)14)11-6(4)7(9)10/h3,7H,1-2H2,(H,13,14). The fourth-order valence-corrected chi connectivity index (χ4v) is 1.37. The average Bonchev–Trinajstić information content (AvgIpc) is 2.43. The molecule has 0 saturated carbocycles. The SMILES string of the molecule is O=C(O)CCn1cc(Br)c(C(F)F)n1. The van der Waals surface area contributed by atoms with Gasteiger partial charge in [-0.25, -0.2) is 8.78 Å². The monoisotopic (exact) mass is 268 g/mol. The number of hydrogen-bond acceptors (Lipinski definition) is 2. The van der Waals surface area contributed by atoms with Crippen LogP contribution in [0.25, 0.3) is 0 Å². The maximum Gasteiger partial charge on any atom is 0.305 e. The number of halogens is 3. The van der Waals surface area contributed by atoms with Gasteiger partial charge in [0.15, 0.2) is 0 Å². The van der Waals surface area contributed by atoms with Gasteiger partial charge in [0.1, 0.15) is 5.69 Å². The Bertz CT molecular complexity index is 340. The number of alkyl halides is 2. The van der Waals surface area contributed by atoms with Crippen molar-refractivity contribution in [1.29, 1.82) is 0 Å². The zero-order valence-electron chi connectivity index (χ0n) is 6.95. The molecule has 0 saturated heterocycles. The number of carboxylic acid groups (broad SMARTS) is 1. The van der Waals surface area contributed by atoms with Gasteiger partial charge < -0.3 is 5.11 Å². The summed E-state index contributed by atoms with van der Waals surface area (Å²) in [6.45, 7) is 0.0840. The summed E-state index contributed by atoms with van der Waals surface area (Å²) in [4.78, 5) is 10.2. The first-order valence-electron chi connectivity index (χ1n) is 3.73. The van der Waals surface area contributed by atoms with Gasteiger partial charge in [-0.05, 0) is 15.9 Å². The quantitative estimate of drug-likeness (QED) is 0.910. The molecule has 1 heterocycles. The summed E-state index contributed by atoms with van der Waals surface area (Å²) in [5.74, 6) is -0.991. The lowest BCUT2D eigenvalue weighted by Crippen LogP contribution is -2.05. The highest BCUT2D eigenvalue weighted by atomic mass is 79.9. The van der Waals surface area contributed by atoms with Gasteiger partial charge in [0.05, 0.1) is 17.4 Å². The molecule has 1 aromatic rings. The molecular formula is C7H7BrF2N2O2. The Hall–Kier alpha value is -0.980. The Labute approximate surface area is 86.7 Å². The lowest BCUT2D eigenvalue weighted by atomic mass is 10.4. The first-order valence-corrected chi connectivity index (χ1v) is 4.53. The minimum atomic E-state index is -2.66. The van der Waals surface area contributed by atoms with E-state index in [0.29, 0.717) is 0 Å². The van der Waals surface area contributed by atoms with Gasteiger partial charge in [0.2, 0.25) is 0 Å². The molecule has 1 rings (SSSR count). The van der Waals surface area contributed by atoms with Crippen LogP contribution in [-0.4, -0.2) is 20.9 Å². The highest BCUT2D eigenvalue weighted by molar-refractivity contribution is 9.10. The van der Waals surface area contributed by atoms with E-state index in [1.54, 1.807) is 0 Å². The van der Waals surface area contributed by atoms with Crippen LogP contribution in [0.15, 0.2) is 10.7 Å². The fraction of sp³-hybridized carbons (Fsp3) is 0.429. The normalized spacial score (nSPS) is 10.9. The van der Waals surface area contributed by atoms with Crippen molar-refractivity contribution in [3.05, 3.63) is 16.4 Å². The van der Waals surface area contributed by atoms with Crippen molar-refractivity contribution in [2.75, 3.05) is 0 Å². The molecular weight excluding hydrogens is 262 g/mol. The third kappa shape index (κ3) is 2.76. The van der Waals surface area contributed by atoms with E-state index in [-0.39, 0.29) is 23.1 Å². The van der Waals surface area contributed by atoms with Crippen molar-refractivity contribution in [1.82, 2.24) is 9.78 Å². The lowest BCUT2D eigenvalue weighted by molar-refractivity contribution is -0.137. The van der Waals surface area contributed by atoms with E-state index < -0.39 is 12.4 Å². The largest absolute Gasteiger partial charge is 0.481 e. The maximum absolute atomic E-state index is 12.2. The number of aryl methyl sites for hydroxylation is 1. The van der Waals surface area contributed by atoms with E-state index in [2.05, 4.69) is 21.0 Å². The van der Waals surface area contributed by atoms with Crippen LogP contribution >= 0.6 is 15.9 Å². The average molecular weight is 269 g/mol. The second-order valence-electron chi connectivity index (χ2n) is 2.57. The fourth-order valence-electron chi connectivity index (χ4n) is 0.885. The summed E-state index contributed by atoms with van der Waals surface area (Å²) >= 11 is 2.91. The first kappa shape index (κ1) is 11.1. The van der Waals surface area contributed by atoms with Crippen LogP contribution in [0.3, 0.4) is 0 Å². The van der Waals surface area contributed by atoms with Crippen LogP contribution in [0.4, 0.5) is 8.78 Å². The molecule has 0 fully saturated rings. The number of hydrogen-bond donors (Lipinski definition) is 1. The molecule has 14 heavy (non-hydrogen) atoms. The zero-order chi connectivity index (χ0) is 10.7. The molecule has 0 aliphatic heterocycles. The number of carbonyl (C=O) groups is 1. The molecule has 78 valence electrons. The van der Waals surface area contributed by atoms with Gasteiger partial charge in [-0.15, -0.1) is 0 Å². The highest BCUT2D eigenvalue weighted by Gasteiger charge is 2.16. The van der Waals surface area contributed by atoms with Gasteiger partial charge >= 0.3 is 5.97 Å². The maximum atomic E-state index is 12.2. The van der Waals surface area contributed by atoms with Crippen molar-refractivity contribution in [2.45, 2.75) is 19.4 Å². The number of aliphatic carboxylic acids is 1. The van der Waals surface area contributed by atoms with Gasteiger partial charge in [0, 0.05) is 6.20 Å². The third-order valence-electron chi connectivity index (χ3n) is 1.50. The van der Waals surface area contributed by atoms with Gasteiger partial charge in [0.25, 0.3) is 6.43 Å². The van der Waals surface area contributed by atoms with Crippen molar-refractivity contribution < 1.29 is 18.7 Å². The molecule has 0 unspecified atom stereocenters. The number of carboxylic acids is 1.